The third-order valence-corrected chi connectivity index (χ3v) is 8.10. The standard InChI is InChI=1S/C26H34N8O10S2/c1-26(2)20(23(36)34(26)44-46(39,40)41)32-22(35)19(17-13-45-25(28)31-17)33-43-18(24(37)38)12-42-16-8-6-14(7-9-16)21(27)30-11-15-5-3-4-10-29-15/h6-9,13,15,18,20,29H,3-5,10-12H2,1-2H3,(H2,27,30)(H2,28,31)(H,32,35)(H,37,38)(H,39,40,41)/t15?,18-,20+/m0/s1. The number of carbonyl (C=O) groups excluding carboxylic acids is 2. The predicted octanol–water partition coefficient (Wildman–Crippen LogP) is -0.334. The summed E-state index contributed by atoms with van der Waals surface area (Å²) in [5, 5.41) is 21.0. The van der Waals surface area contributed by atoms with E-state index < -0.39 is 58.2 Å². The van der Waals surface area contributed by atoms with E-state index in [1.165, 1.54) is 19.2 Å². The van der Waals surface area contributed by atoms with E-state index in [1.54, 1.807) is 24.3 Å². The van der Waals surface area contributed by atoms with Crippen LogP contribution in [0.5, 0.6) is 5.75 Å². The Morgan fingerprint density at radius 1 is 1.28 bits per heavy atom. The minimum absolute atomic E-state index is 0.0566. The van der Waals surface area contributed by atoms with Gasteiger partial charge in [-0.3, -0.25) is 19.1 Å². The third kappa shape index (κ3) is 8.66. The number of aliphatic imine (C=N–C) groups is 1. The number of nitrogen functional groups attached to an aromatic ring is 1. The van der Waals surface area contributed by atoms with Crippen LogP contribution in [-0.4, -0.2) is 101 Å². The maximum atomic E-state index is 13.2. The van der Waals surface area contributed by atoms with Crippen molar-refractivity contribution in [3.63, 3.8) is 0 Å². The Bertz CT molecular complexity index is 1600. The number of amides is 2. The molecule has 2 aromatic rings. The molecule has 18 nitrogen and oxygen atoms in total. The molecule has 0 aliphatic carbocycles. The van der Waals surface area contributed by atoms with E-state index in [2.05, 4.69) is 30.0 Å². The van der Waals surface area contributed by atoms with Crippen LogP contribution in [0.25, 0.3) is 0 Å². The van der Waals surface area contributed by atoms with Gasteiger partial charge in [-0.15, -0.1) is 15.6 Å². The molecule has 1 aromatic heterocycles. The van der Waals surface area contributed by atoms with Crippen LogP contribution >= 0.6 is 11.3 Å². The summed E-state index contributed by atoms with van der Waals surface area (Å²) in [4.78, 5) is 51.2. The number of hydroxylamine groups is 2. The fourth-order valence-corrected chi connectivity index (χ4v) is 5.56. The van der Waals surface area contributed by atoms with Gasteiger partial charge in [0, 0.05) is 17.0 Å². The van der Waals surface area contributed by atoms with Crippen LogP contribution in [0.4, 0.5) is 5.13 Å². The molecule has 2 saturated heterocycles. The van der Waals surface area contributed by atoms with Crippen LogP contribution in [0.3, 0.4) is 0 Å². The molecule has 46 heavy (non-hydrogen) atoms. The molecule has 0 bridgehead atoms. The molecule has 4 rings (SSSR count). The molecule has 2 aliphatic heterocycles. The maximum absolute atomic E-state index is 13.2. The van der Waals surface area contributed by atoms with Gasteiger partial charge in [-0.1, -0.05) is 11.6 Å². The number of nitrogens with one attached hydrogen (secondary N) is 2. The highest BCUT2D eigenvalue weighted by atomic mass is 32.3. The number of anilines is 1. The van der Waals surface area contributed by atoms with Crippen LogP contribution in [-0.2, 0) is 33.9 Å². The van der Waals surface area contributed by atoms with Gasteiger partial charge in [-0.25, -0.2) is 9.78 Å². The van der Waals surface area contributed by atoms with Gasteiger partial charge in [0.1, 0.15) is 29.9 Å². The number of oxime groups is 1. The Kier molecular flexibility index (Phi) is 10.8. The van der Waals surface area contributed by atoms with E-state index in [-0.39, 0.29) is 16.9 Å². The number of aliphatic carboxylic acids is 1. The van der Waals surface area contributed by atoms with E-state index in [0.29, 0.717) is 28.8 Å². The molecule has 1 unspecified atom stereocenters. The minimum atomic E-state index is -5.02. The van der Waals surface area contributed by atoms with Crippen molar-refractivity contribution in [1.29, 1.82) is 0 Å². The molecule has 250 valence electrons. The fraction of sp³-hybridized carbons (Fsp3) is 0.462. The number of thiazole rings is 1. The summed E-state index contributed by atoms with van der Waals surface area (Å²) in [5.41, 5.74) is 10.4. The number of carboxylic acids is 1. The Labute approximate surface area is 267 Å². The first kappa shape index (κ1) is 34.5. The lowest BCUT2D eigenvalue weighted by Gasteiger charge is -2.50. The van der Waals surface area contributed by atoms with Crippen LogP contribution in [0.15, 0.2) is 39.8 Å². The molecule has 0 radical (unpaired) electrons. The molecule has 2 fully saturated rings. The number of piperidine rings is 1. The zero-order chi connectivity index (χ0) is 33.6. The molecular formula is C26H34N8O10S2. The van der Waals surface area contributed by atoms with Crippen LogP contribution < -0.4 is 26.8 Å². The van der Waals surface area contributed by atoms with Gasteiger partial charge >= 0.3 is 16.4 Å². The second-order valence-corrected chi connectivity index (χ2v) is 12.7. The molecule has 8 N–H and O–H groups in total. The number of hydrogen-bond donors (Lipinski definition) is 6. The molecule has 1 aromatic carbocycles. The molecule has 0 saturated carbocycles. The second-order valence-electron chi connectivity index (χ2n) is 10.8. The smallest absolute Gasteiger partial charge is 0.418 e. The number of β-lactam (4-membered cyclic amide) rings is 1. The van der Waals surface area contributed by atoms with E-state index >= 15 is 0 Å². The fourth-order valence-electron chi connectivity index (χ4n) is 4.56. The van der Waals surface area contributed by atoms with E-state index in [9.17, 15) is 27.9 Å². The van der Waals surface area contributed by atoms with Gasteiger partial charge < -0.3 is 36.8 Å². The van der Waals surface area contributed by atoms with Crippen molar-refractivity contribution in [2.45, 2.75) is 56.8 Å². The van der Waals surface area contributed by atoms with Gasteiger partial charge in [0.25, 0.3) is 17.9 Å². The molecule has 2 amide bonds. The molecular weight excluding hydrogens is 648 g/mol. The lowest BCUT2D eigenvalue weighted by atomic mass is 9.84. The van der Waals surface area contributed by atoms with Crippen LogP contribution in [0.2, 0.25) is 0 Å². The van der Waals surface area contributed by atoms with E-state index in [1.807, 2.05) is 0 Å². The summed E-state index contributed by atoms with van der Waals surface area (Å²) in [6, 6.07) is 5.49. The predicted molar refractivity (Wildman–Crippen MR) is 164 cm³/mol. The summed E-state index contributed by atoms with van der Waals surface area (Å²) >= 11 is 0.956. The minimum Gasteiger partial charge on any atom is -0.489 e. The van der Waals surface area contributed by atoms with Crippen molar-refractivity contribution in [1.82, 2.24) is 20.7 Å². The van der Waals surface area contributed by atoms with Gasteiger partial charge in [0.05, 0.1) is 12.1 Å². The van der Waals surface area contributed by atoms with Crippen molar-refractivity contribution < 1.29 is 46.3 Å². The van der Waals surface area contributed by atoms with E-state index in [0.717, 1.165) is 37.1 Å². The maximum Gasteiger partial charge on any atom is 0.418 e. The SMILES string of the molecule is CC1(C)[C@H](NC(=O)C(=NO[C@@H](COc2ccc(C(N)=NCC3CCCCN3)cc2)C(=O)O)c2csc(N)n2)C(=O)N1OS(=O)(=O)O. The summed E-state index contributed by atoms with van der Waals surface area (Å²) in [5.74, 6) is -2.82. The molecule has 20 heteroatoms. The number of aromatic nitrogens is 1. The summed E-state index contributed by atoms with van der Waals surface area (Å²) in [7, 11) is -5.02. The number of rotatable bonds is 14. The van der Waals surface area contributed by atoms with Gasteiger partial charge in [-0.2, -0.15) is 13.5 Å². The van der Waals surface area contributed by atoms with Gasteiger partial charge in [0.15, 0.2) is 10.8 Å². The van der Waals surface area contributed by atoms with Gasteiger partial charge in [-0.05, 0) is 57.5 Å². The highest BCUT2D eigenvalue weighted by Gasteiger charge is 2.58. The first-order valence-corrected chi connectivity index (χ1v) is 16.2. The number of nitrogens with two attached hydrogens (primary N) is 2. The quantitative estimate of drug-likeness (QED) is 0.0490. The average Bonchev–Trinajstić information content (AvgIpc) is 3.44. The largest absolute Gasteiger partial charge is 0.489 e. The zero-order valence-electron chi connectivity index (χ0n) is 24.8. The monoisotopic (exact) mass is 682 g/mol. The summed E-state index contributed by atoms with van der Waals surface area (Å²) in [6.07, 6.45) is 1.65. The van der Waals surface area contributed by atoms with Crippen LogP contribution in [0.1, 0.15) is 44.4 Å². The number of carbonyl (C=O) groups is 3. The normalized spacial score (nSPS) is 20.8. The van der Waals surface area contributed by atoms with Crippen molar-refractivity contribution >= 4 is 56.2 Å². The number of benzene rings is 1. The van der Waals surface area contributed by atoms with Crippen molar-refractivity contribution in [2.75, 3.05) is 25.4 Å². The topological polar surface area (TPSA) is 270 Å². The lowest BCUT2D eigenvalue weighted by Crippen LogP contribution is -2.76. The van der Waals surface area contributed by atoms with Crippen molar-refractivity contribution in [3.05, 3.63) is 40.9 Å². The van der Waals surface area contributed by atoms with Crippen molar-refractivity contribution in [3.8, 4) is 5.75 Å². The second kappa shape index (κ2) is 14.4. The van der Waals surface area contributed by atoms with Crippen LogP contribution in [0, 0.1) is 0 Å². The number of amidine groups is 1. The Morgan fingerprint density at radius 3 is 2.57 bits per heavy atom. The molecule has 3 atom stereocenters. The van der Waals surface area contributed by atoms with Crippen molar-refractivity contribution in [2.24, 2.45) is 15.9 Å². The number of ether oxygens (including phenoxy) is 1. The summed E-state index contributed by atoms with van der Waals surface area (Å²) in [6.45, 7) is 3.73. The third-order valence-electron chi connectivity index (χ3n) is 7.09. The number of carboxylic acid groups (broad SMARTS) is 1. The number of nitrogens with zero attached hydrogens (tertiary/aromatic N) is 4. The Morgan fingerprint density at radius 2 is 2.00 bits per heavy atom. The summed E-state index contributed by atoms with van der Waals surface area (Å²) < 4.78 is 40.9. The molecule has 3 heterocycles. The number of hydrogen-bond acceptors (Lipinski definition) is 14. The average molecular weight is 683 g/mol. The Hall–Kier alpha value is -4.37. The highest BCUT2D eigenvalue weighted by molar-refractivity contribution is 7.80. The first-order chi connectivity index (χ1) is 21.7. The lowest BCUT2D eigenvalue weighted by molar-refractivity contribution is -0.218. The molecule has 2 aliphatic rings. The molecule has 0 spiro atoms. The first-order valence-electron chi connectivity index (χ1n) is 13.9. The van der Waals surface area contributed by atoms with Gasteiger partial charge in [0.2, 0.25) is 0 Å². The van der Waals surface area contributed by atoms with E-state index in [4.69, 9.17) is 25.6 Å². The zero-order valence-corrected chi connectivity index (χ0v) is 26.4. The Balaban J connectivity index is 1.41. The highest BCUT2D eigenvalue weighted by Crippen LogP contribution is 2.33.